The van der Waals surface area contributed by atoms with Gasteiger partial charge in [0, 0.05) is 10.5 Å². The van der Waals surface area contributed by atoms with E-state index in [9.17, 15) is 9.59 Å². The van der Waals surface area contributed by atoms with Crippen LogP contribution in [0.25, 0.3) is 0 Å². The molecule has 1 aromatic carbocycles. The Morgan fingerprint density at radius 2 is 2.10 bits per heavy atom. The summed E-state index contributed by atoms with van der Waals surface area (Å²) in [7, 11) is 0. The highest BCUT2D eigenvalue weighted by atomic mass is 79.9. The second kappa shape index (κ2) is 5.95. The molecule has 106 valence electrons. The van der Waals surface area contributed by atoms with Crippen LogP contribution in [0.3, 0.4) is 0 Å². The highest BCUT2D eigenvalue weighted by molar-refractivity contribution is 9.10. The number of carbonyl (C=O) groups is 2. The molecule has 0 fully saturated rings. The molecule has 1 heterocycles. The van der Waals surface area contributed by atoms with Crippen molar-refractivity contribution in [1.29, 1.82) is 0 Å². The SMILES string of the molecule is Cc1c(Br)ccc(NC2=CC(=O)N(CCO)C2=O)c1Cl. The summed E-state index contributed by atoms with van der Waals surface area (Å²) >= 11 is 9.55. The highest BCUT2D eigenvalue weighted by Crippen LogP contribution is 2.32. The molecule has 20 heavy (non-hydrogen) atoms. The van der Waals surface area contributed by atoms with E-state index in [1.165, 1.54) is 6.08 Å². The van der Waals surface area contributed by atoms with Crippen LogP contribution in [0.1, 0.15) is 5.56 Å². The number of nitrogens with zero attached hydrogens (tertiary/aromatic N) is 1. The number of carbonyl (C=O) groups excluding carboxylic acids is 2. The molecule has 1 aromatic rings. The first-order valence-corrected chi connectivity index (χ1v) is 7.02. The van der Waals surface area contributed by atoms with Gasteiger partial charge in [0.1, 0.15) is 5.70 Å². The maximum atomic E-state index is 12.0. The molecule has 0 bridgehead atoms. The molecular formula is C13H12BrClN2O3. The third-order valence-electron chi connectivity index (χ3n) is 2.92. The van der Waals surface area contributed by atoms with E-state index >= 15 is 0 Å². The van der Waals surface area contributed by atoms with Crippen LogP contribution in [-0.4, -0.2) is 35.0 Å². The van der Waals surface area contributed by atoms with Gasteiger partial charge in [-0.15, -0.1) is 0 Å². The molecule has 1 aliphatic heterocycles. The summed E-state index contributed by atoms with van der Waals surface area (Å²) in [6, 6.07) is 3.52. The number of rotatable bonds is 4. The Bertz CT molecular complexity index is 616. The van der Waals surface area contributed by atoms with Gasteiger partial charge >= 0.3 is 0 Å². The lowest BCUT2D eigenvalue weighted by molar-refractivity contribution is -0.137. The predicted molar refractivity (Wildman–Crippen MR) is 79.4 cm³/mol. The molecule has 0 aromatic heterocycles. The first kappa shape index (κ1) is 15.0. The van der Waals surface area contributed by atoms with E-state index in [-0.39, 0.29) is 18.8 Å². The second-order valence-electron chi connectivity index (χ2n) is 4.24. The summed E-state index contributed by atoms with van der Waals surface area (Å²) in [6.07, 6.45) is 1.20. The fraction of sp³-hybridized carbons (Fsp3) is 0.231. The van der Waals surface area contributed by atoms with Gasteiger partial charge in [-0.25, -0.2) is 0 Å². The van der Waals surface area contributed by atoms with Gasteiger partial charge in [-0.3, -0.25) is 14.5 Å². The number of β-amino-alcohol motifs (C(OH)–C–C–N with tert-alkyl or cyclic N) is 1. The van der Waals surface area contributed by atoms with E-state index in [0.29, 0.717) is 10.7 Å². The Hall–Kier alpha value is -1.37. The minimum absolute atomic E-state index is 0.0214. The van der Waals surface area contributed by atoms with Gasteiger partial charge in [0.15, 0.2) is 0 Å². The van der Waals surface area contributed by atoms with E-state index < -0.39 is 11.8 Å². The first-order valence-electron chi connectivity index (χ1n) is 5.85. The lowest BCUT2D eigenvalue weighted by Gasteiger charge is -2.14. The first-order chi connectivity index (χ1) is 9.45. The summed E-state index contributed by atoms with van der Waals surface area (Å²) in [5, 5.41) is 12.2. The Morgan fingerprint density at radius 3 is 2.75 bits per heavy atom. The lowest BCUT2D eigenvalue weighted by atomic mass is 10.2. The maximum absolute atomic E-state index is 12.0. The smallest absolute Gasteiger partial charge is 0.277 e. The number of hydrogen-bond donors (Lipinski definition) is 2. The Labute approximate surface area is 129 Å². The van der Waals surface area contributed by atoms with Gasteiger partial charge in [0.05, 0.1) is 23.9 Å². The molecule has 0 aliphatic carbocycles. The molecule has 0 unspecified atom stereocenters. The fourth-order valence-electron chi connectivity index (χ4n) is 1.81. The fourth-order valence-corrected chi connectivity index (χ4v) is 2.47. The zero-order valence-electron chi connectivity index (χ0n) is 10.6. The number of benzene rings is 1. The Balaban J connectivity index is 2.24. The third-order valence-corrected chi connectivity index (χ3v) is 4.27. The van der Waals surface area contributed by atoms with E-state index in [2.05, 4.69) is 21.2 Å². The van der Waals surface area contributed by atoms with Crippen LogP contribution in [0.4, 0.5) is 5.69 Å². The van der Waals surface area contributed by atoms with Crippen LogP contribution in [0.5, 0.6) is 0 Å². The Kier molecular flexibility index (Phi) is 4.47. The van der Waals surface area contributed by atoms with Crippen LogP contribution < -0.4 is 5.32 Å². The van der Waals surface area contributed by atoms with Crippen molar-refractivity contribution in [3.8, 4) is 0 Å². The van der Waals surface area contributed by atoms with Crippen molar-refractivity contribution < 1.29 is 14.7 Å². The van der Waals surface area contributed by atoms with Crippen molar-refractivity contribution in [2.75, 3.05) is 18.5 Å². The van der Waals surface area contributed by atoms with Gasteiger partial charge in [0.2, 0.25) is 0 Å². The summed E-state index contributed by atoms with van der Waals surface area (Å²) < 4.78 is 0.859. The minimum Gasteiger partial charge on any atom is -0.395 e. The average molecular weight is 360 g/mol. The summed E-state index contributed by atoms with van der Waals surface area (Å²) in [5.41, 5.74) is 1.53. The molecule has 2 amide bonds. The van der Waals surface area contributed by atoms with E-state index in [1.54, 1.807) is 12.1 Å². The molecule has 1 aliphatic rings. The topological polar surface area (TPSA) is 69.6 Å². The number of anilines is 1. The van der Waals surface area contributed by atoms with Gasteiger partial charge in [-0.2, -0.15) is 0 Å². The summed E-state index contributed by atoms with van der Waals surface area (Å²) in [5.74, 6) is -0.919. The van der Waals surface area contributed by atoms with Crippen LogP contribution in [0.15, 0.2) is 28.4 Å². The Morgan fingerprint density at radius 1 is 1.40 bits per heavy atom. The zero-order valence-corrected chi connectivity index (χ0v) is 13.0. The number of hydrogen-bond acceptors (Lipinski definition) is 4. The average Bonchev–Trinajstić information content (AvgIpc) is 2.67. The van der Waals surface area contributed by atoms with Crippen molar-refractivity contribution in [2.24, 2.45) is 0 Å². The monoisotopic (exact) mass is 358 g/mol. The second-order valence-corrected chi connectivity index (χ2v) is 5.47. The normalized spacial score (nSPS) is 14.8. The molecule has 0 saturated heterocycles. The quantitative estimate of drug-likeness (QED) is 0.808. The molecule has 0 saturated carbocycles. The van der Waals surface area contributed by atoms with Crippen LogP contribution >= 0.6 is 27.5 Å². The maximum Gasteiger partial charge on any atom is 0.277 e. The molecule has 0 radical (unpaired) electrons. The number of aliphatic hydroxyl groups is 1. The van der Waals surface area contributed by atoms with Gasteiger partial charge in [0.25, 0.3) is 11.8 Å². The van der Waals surface area contributed by atoms with Crippen LogP contribution in [-0.2, 0) is 9.59 Å². The number of amides is 2. The van der Waals surface area contributed by atoms with Crippen molar-refractivity contribution >= 4 is 45.0 Å². The molecule has 0 atom stereocenters. The number of nitrogens with one attached hydrogen (secondary N) is 1. The lowest BCUT2D eigenvalue weighted by Crippen LogP contribution is -2.34. The number of halogens is 2. The van der Waals surface area contributed by atoms with Crippen molar-refractivity contribution in [3.63, 3.8) is 0 Å². The van der Waals surface area contributed by atoms with Crippen LogP contribution in [0, 0.1) is 6.92 Å². The number of imide groups is 1. The largest absolute Gasteiger partial charge is 0.395 e. The molecule has 2 rings (SSSR count). The molecule has 0 spiro atoms. The van der Waals surface area contributed by atoms with Gasteiger partial charge < -0.3 is 10.4 Å². The number of aliphatic hydroxyl groups excluding tert-OH is 1. The minimum atomic E-state index is -0.472. The summed E-state index contributed by atoms with van der Waals surface area (Å²) in [6.45, 7) is 1.55. The summed E-state index contributed by atoms with van der Waals surface area (Å²) in [4.78, 5) is 24.6. The van der Waals surface area contributed by atoms with Crippen LogP contribution in [0.2, 0.25) is 5.02 Å². The van der Waals surface area contributed by atoms with Crippen molar-refractivity contribution in [2.45, 2.75) is 6.92 Å². The van der Waals surface area contributed by atoms with Crippen molar-refractivity contribution in [3.05, 3.63) is 39.0 Å². The molecule has 2 N–H and O–H groups in total. The molecular weight excluding hydrogens is 348 g/mol. The third kappa shape index (κ3) is 2.72. The molecule has 5 nitrogen and oxygen atoms in total. The van der Waals surface area contributed by atoms with E-state index in [1.807, 2.05) is 6.92 Å². The molecule has 7 heteroatoms. The zero-order chi connectivity index (χ0) is 14.9. The van der Waals surface area contributed by atoms with Crippen molar-refractivity contribution in [1.82, 2.24) is 4.90 Å². The van der Waals surface area contributed by atoms with E-state index in [0.717, 1.165) is 14.9 Å². The van der Waals surface area contributed by atoms with Gasteiger partial charge in [-0.05, 0) is 24.6 Å². The van der Waals surface area contributed by atoms with Gasteiger partial charge in [-0.1, -0.05) is 27.5 Å². The van der Waals surface area contributed by atoms with E-state index in [4.69, 9.17) is 16.7 Å². The predicted octanol–water partition coefficient (Wildman–Crippen LogP) is 2.07. The standard InChI is InChI=1S/C13H12BrClN2O3/c1-7-8(14)2-3-9(12(7)15)16-10-6-11(19)17(4-5-18)13(10)20/h2-3,6,16,18H,4-5H2,1H3. The highest BCUT2D eigenvalue weighted by Gasteiger charge is 2.30.